The SMILES string of the molecule is Cc1c[nH]c2ncc(-c3cc4c(c(C5CCCN5C(=O)O)c3)CN(C(=O)c3cnn(CC(F)F)c3)CC4)cc12. The lowest BCUT2D eigenvalue weighted by Crippen LogP contribution is -2.37. The molecule has 2 N–H and O–H groups in total. The summed E-state index contributed by atoms with van der Waals surface area (Å²) in [5.41, 5.74) is 6.99. The lowest BCUT2D eigenvalue weighted by Gasteiger charge is -2.33. The van der Waals surface area contributed by atoms with E-state index in [2.05, 4.69) is 27.2 Å². The third kappa shape index (κ3) is 4.62. The first kappa shape index (κ1) is 25.0. The maximum atomic E-state index is 13.3. The van der Waals surface area contributed by atoms with Gasteiger partial charge in [0, 0.05) is 49.2 Å². The molecule has 1 unspecified atom stereocenters. The van der Waals surface area contributed by atoms with Gasteiger partial charge in [-0.15, -0.1) is 0 Å². The average molecular weight is 535 g/mol. The van der Waals surface area contributed by atoms with Crippen molar-refractivity contribution in [1.29, 1.82) is 0 Å². The Balaban J connectivity index is 1.38. The summed E-state index contributed by atoms with van der Waals surface area (Å²) in [6.45, 7) is 2.67. The lowest BCUT2D eigenvalue weighted by molar-refractivity contribution is 0.0731. The fourth-order valence-corrected chi connectivity index (χ4v) is 5.84. The van der Waals surface area contributed by atoms with E-state index in [1.807, 2.05) is 25.4 Å². The number of nitrogens with zero attached hydrogens (tertiary/aromatic N) is 5. The first-order valence-corrected chi connectivity index (χ1v) is 13.0. The molecule has 202 valence electrons. The van der Waals surface area contributed by atoms with Gasteiger partial charge in [0.15, 0.2) is 0 Å². The summed E-state index contributed by atoms with van der Waals surface area (Å²) >= 11 is 0. The third-order valence-corrected chi connectivity index (χ3v) is 7.80. The molecule has 2 aliphatic rings. The zero-order valence-electron chi connectivity index (χ0n) is 21.4. The molecule has 2 amide bonds. The van der Waals surface area contributed by atoms with Crippen LogP contribution in [-0.2, 0) is 19.5 Å². The van der Waals surface area contributed by atoms with Gasteiger partial charge in [-0.25, -0.2) is 18.6 Å². The van der Waals surface area contributed by atoms with Crippen LogP contribution in [-0.4, -0.2) is 66.2 Å². The quantitative estimate of drug-likeness (QED) is 0.374. The number of hydrogen-bond acceptors (Lipinski definition) is 4. The summed E-state index contributed by atoms with van der Waals surface area (Å²) in [7, 11) is 0. The van der Waals surface area contributed by atoms with Crippen LogP contribution < -0.4 is 0 Å². The molecule has 0 radical (unpaired) electrons. The number of aryl methyl sites for hydroxylation is 1. The van der Waals surface area contributed by atoms with Crippen molar-refractivity contribution in [1.82, 2.24) is 29.5 Å². The number of carboxylic acid groups (broad SMARTS) is 1. The van der Waals surface area contributed by atoms with E-state index in [0.29, 0.717) is 32.5 Å². The van der Waals surface area contributed by atoms with Crippen LogP contribution in [0, 0.1) is 6.92 Å². The monoisotopic (exact) mass is 534 g/mol. The largest absolute Gasteiger partial charge is 0.465 e. The van der Waals surface area contributed by atoms with Crippen LogP contribution >= 0.6 is 0 Å². The Labute approximate surface area is 223 Å². The summed E-state index contributed by atoms with van der Waals surface area (Å²) in [6.07, 6.45) is 4.94. The second kappa shape index (κ2) is 9.79. The van der Waals surface area contributed by atoms with Gasteiger partial charge < -0.3 is 19.9 Å². The fourth-order valence-electron chi connectivity index (χ4n) is 5.84. The minimum absolute atomic E-state index is 0.256. The number of hydrogen-bond donors (Lipinski definition) is 2. The van der Waals surface area contributed by atoms with E-state index in [4.69, 9.17) is 0 Å². The Bertz CT molecular complexity index is 1580. The number of aromatic nitrogens is 4. The van der Waals surface area contributed by atoms with Crippen LogP contribution in [0.15, 0.2) is 43.0 Å². The molecule has 11 heteroatoms. The summed E-state index contributed by atoms with van der Waals surface area (Å²) in [5.74, 6) is -0.282. The van der Waals surface area contributed by atoms with Gasteiger partial charge in [-0.05, 0) is 66.1 Å². The summed E-state index contributed by atoms with van der Waals surface area (Å²) in [4.78, 5) is 36.3. The van der Waals surface area contributed by atoms with Gasteiger partial charge in [0.1, 0.15) is 12.2 Å². The number of H-pyrrole nitrogens is 1. The molecule has 0 spiro atoms. The van der Waals surface area contributed by atoms with Crippen molar-refractivity contribution in [2.75, 3.05) is 13.1 Å². The Morgan fingerprint density at radius 2 is 2.03 bits per heavy atom. The number of alkyl halides is 2. The predicted molar refractivity (Wildman–Crippen MR) is 140 cm³/mol. The smallest absolute Gasteiger partial charge is 0.407 e. The predicted octanol–water partition coefficient (Wildman–Crippen LogP) is 5.01. The van der Waals surface area contributed by atoms with Crippen molar-refractivity contribution in [3.8, 4) is 11.1 Å². The Morgan fingerprint density at radius 1 is 1.18 bits per heavy atom. The number of carbonyl (C=O) groups excluding carboxylic acids is 1. The van der Waals surface area contributed by atoms with Crippen molar-refractivity contribution in [2.45, 2.75) is 51.7 Å². The Morgan fingerprint density at radius 3 is 2.82 bits per heavy atom. The summed E-state index contributed by atoms with van der Waals surface area (Å²) in [6, 6.07) is 5.95. The number of fused-ring (bicyclic) bond motifs is 2. The van der Waals surface area contributed by atoms with E-state index in [1.54, 1.807) is 4.90 Å². The molecule has 0 bridgehead atoms. The molecule has 0 saturated carbocycles. The van der Waals surface area contributed by atoms with Crippen LogP contribution in [0.1, 0.15) is 51.5 Å². The molecule has 2 aliphatic heterocycles. The first-order chi connectivity index (χ1) is 18.8. The second-order valence-corrected chi connectivity index (χ2v) is 10.2. The molecule has 6 rings (SSSR count). The van der Waals surface area contributed by atoms with Crippen LogP contribution in [0.5, 0.6) is 0 Å². The number of carbonyl (C=O) groups is 2. The molecule has 3 aromatic heterocycles. The standard InChI is InChI=1S/C28H28F2N6O3/c1-16-10-31-26-21(16)9-19(11-32-26)18-7-17-4-6-34(27(37)20-12-33-35(13-20)15-25(29)30)14-23(17)22(8-18)24-3-2-5-36(24)28(38)39/h7-13,24-25H,2-6,14-15H2,1H3,(H,31,32)(H,38,39). The molecule has 5 heterocycles. The number of benzene rings is 1. The highest BCUT2D eigenvalue weighted by Gasteiger charge is 2.34. The van der Waals surface area contributed by atoms with Crippen molar-refractivity contribution in [3.63, 3.8) is 0 Å². The van der Waals surface area contributed by atoms with Gasteiger partial charge in [0.05, 0.1) is 17.8 Å². The molecular weight excluding hydrogens is 506 g/mol. The van der Waals surface area contributed by atoms with E-state index in [1.165, 1.54) is 17.3 Å². The zero-order valence-corrected chi connectivity index (χ0v) is 21.4. The zero-order chi connectivity index (χ0) is 27.3. The van der Waals surface area contributed by atoms with Crippen LogP contribution in [0.4, 0.5) is 13.6 Å². The van der Waals surface area contributed by atoms with Crippen LogP contribution in [0.3, 0.4) is 0 Å². The highest BCUT2D eigenvalue weighted by Crippen LogP contribution is 2.40. The van der Waals surface area contributed by atoms with E-state index >= 15 is 0 Å². The number of rotatable bonds is 5. The summed E-state index contributed by atoms with van der Waals surface area (Å²) < 4.78 is 26.6. The number of aromatic amines is 1. The highest BCUT2D eigenvalue weighted by molar-refractivity contribution is 5.94. The average Bonchev–Trinajstić information content (AvgIpc) is 3.67. The number of nitrogens with one attached hydrogen (secondary N) is 1. The van der Waals surface area contributed by atoms with Gasteiger partial charge in [0.2, 0.25) is 0 Å². The molecule has 1 atom stereocenters. The maximum absolute atomic E-state index is 13.3. The molecule has 4 aromatic rings. The normalized spacial score (nSPS) is 17.3. The number of halogens is 2. The fraction of sp³-hybridized carbons (Fsp3) is 0.357. The molecule has 0 aliphatic carbocycles. The molecule has 1 saturated heterocycles. The van der Waals surface area contributed by atoms with E-state index in [9.17, 15) is 23.5 Å². The first-order valence-electron chi connectivity index (χ1n) is 13.0. The van der Waals surface area contributed by atoms with Crippen molar-refractivity contribution >= 4 is 23.0 Å². The van der Waals surface area contributed by atoms with E-state index < -0.39 is 19.1 Å². The van der Waals surface area contributed by atoms with Gasteiger partial charge in [-0.2, -0.15) is 5.10 Å². The Kier molecular flexibility index (Phi) is 6.28. The lowest BCUT2D eigenvalue weighted by atomic mass is 9.86. The molecule has 39 heavy (non-hydrogen) atoms. The maximum Gasteiger partial charge on any atom is 0.407 e. The van der Waals surface area contributed by atoms with Crippen molar-refractivity contribution in [2.24, 2.45) is 0 Å². The third-order valence-electron chi connectivity index (χ3n) is 7.80. The minimum Gasteiger partial charge on any atom is -0.465 e. The van der Waals surface area contributed by atoms with Gasteiger partial charge in [-0.1, -0.05) is 6.07 Å². The topological polar surface area (TPSA) is 107 Å². The molecule has 1 fully saturated rings. The van der Waals surface area contributed by atoms with Crippen molar-refractivity contribution < 1.29 is 23.5 Å². The molecule has 1 aromatic carbocycles. The highest BCUT2D eigenvalue weighted by atomic mass is 19.3. The van der Waals surface area contributed by atoms with Gasteiger partial charge in [-0.3, -0.25) is 9.48 Å². The van der Waals surface area contributed by atoms with Crippen molar-refractivity contribution in [3.05, 3.63) is 70.8 Å². The van der Waals surface area contributed by atoms with E-state index in [0.717, 1.165) is 55.5 Å². The number of amides is 2. The number of likely N-dealkylation sites (tertiary alicyclic amines) is 1. The molecule has 9 nitrogen and oxygen atoms in total. The van der Waals surface area contributed by atoms with Gasteiger partial charge >= 0.3 is 6.09 Å². The van der Waals surface area contributed by atoms with E-state index in [-0.39, 0.29) is 17.5 Å². The molecular formula is C28H28F2N6O3. The van der Waals surface area contributed by atoms with Crippen LogP contribution in [0.25, 0.3) is 22.2 Å². The van der Waals surface area contributed by atoms with Crippen LogP contribution in [0.2, 0.25) is 0 Å². The summed E-state index contributed by atoms with van der Waals surface area (Å²) in [5, 5.41) is 14.8. The Hall–Kier alpha value is -4.28. The second-order valence-electron chi connectivity index (χ2n) is 10.2. The minimum atomic E-state index is -2.56. The number of pyridine rings is 1. The van der Waals surface area contributed by atoms with Gasteiger partial charge in [0.25, 0.3) is 12.3 Å².